The van der Waals surface area contributed by atoms with E-state index in [2.05, 4.69) is 25.2 Å². The molecule has 2 aliphatic heterocycles. The summed E-state index contributed by atoms with van der Waals surface area (Å²) in [5, 5.41) is 2.95. The Morgan fingerprint density at radius 2 is 1.88 bits per heavy atom. The Kier molecular flexibility index (Phi) is 6.83. The van der Waals surface area contributed by atoms with Gasteiger partial charge in [0.25, 0.3) is 5.91 Å². The van der Waals surface area contributed by atoms with Crippen molar-refractivity contribution in [1.29, 1.82) is 0 Å². The molecule has 2 aromatic carbocycles. The zero-order valence-corrected chi connectivity index (χ0v) is 18.6. The zero-order valence-electron chi connectivity index (χ0n) is 18.6. The van der Waals surface area contributed by atoms with E-state index in [0.29, 0.717) is 49.0 Å². The van der Waals surface area contributed by atoms with Gasteiger partial charge in [-0.2, -0.15) is 0 Å². The van der Waals surface area contributed by atoms with Gasteiger partial charge in [0.05, 0.1) is 0 Å². The number of fused-ring (bicyclic) bond motifs is 1. The maximum Gasteiger partial charge on any atom is 0.260 e. The molecular weight excluding hydrogens is 408 g/mol. The van der Waals surface area contributed by atoms with Gasteiger partial charge in [-0.05, 0) is 48.9 Å². The molecule has 7 nitrogen and oxygen atoms in total. The van der Waals surface area contributed by atoms with Crippen LogP contribution in [0.25, 0.3) is 0 Å². The van der Waals surface area contributed by atoms with Crippen molar-refractivity contribution in [3.63, 3.8) is 0 Å². The van der Waals surface area contributed by atoms with Crippen molar-refractivity contribution in [2.24, 2.45) is 5.92 Å². The minimum absolute atomic E-state index is 0.0154. The van der Waals surface area contributed by atoms with Crippen LogP contribution in [-0.4, -0.2) is 43.2 Å². The molecule has 1 N–H and O–H groups in total. The fraction of sp³-hybridized carbons (Fsp3) is 0.440. The van der Waals surface area contributed by atoms with Crippen molar-refractivity contribution in [3.05, 3.63) is 48.0 Å². The Labute approximate surface area is 188 Å². The minimum Gasteiger partial charge on any atom is -0.483 e. The summed E-state index contributed by atoms with van der Waals surface area (Å²) in [5.74, 6) is 2.26. The van der Waals surface area contributed by atoms with Gasteiger partial charge >= 0.3 is 0 Å². The zero-order chi connectivity index (χ0) is 22.5. The van der Waals surface area contributed by atoms with Crippen LogP contribution in [0.3, 0.4) is 0 Å². The lowest BCUT2D eigenvalue weighted by Crippen LogP contribution is -2.43. The number of hydrogen-bond donors (Lipinski definition) is 1. The second-order valence-corrected chi connectivity index (χ2v) is 8.35. The number of carbonyl (C=O) groups excluding carboxylic acids is 2. The first kappa shape index (κ1) is 22.0. The molecule has 0 aromatic heterocycles. The third kappa shape index (κ3) is 4.98. The number of piperidine rings is 1. The number of anilines is 1. The van der Waals surface area contributed by atoms with Gasteiger partial charge in [-0.1, -0.05) is 32.0 Å². The lowest BCUT2D eigenvalue weighted by molar-refractivity contribution is -0.136. The van der Waals surface area contributed by atoms with E-state index in [0.717, 1.165) is 17.7 Å². The third-order valence-electron chi connectivity index (χ3n) is 6.27. The topological polar surface area (TPSA) is 77.1 Å². The molecule has 1 fully saturated rings. The molecule has 0 bridgehead atoms. The van der Waals surface area contributed by atoms with Crippen LogP contribution < -0.4 is 19.5 Å². The highest BCUT2D eigenvalue weighted by molar-refractivity contribution is 5.93. The van der Waals surface area contributed by atoms with Crippen LogP contribution in [0.15, 0.2) is 42.5 Å². The number of rotatable bonds is 7. The van der Waals surface area contributed by atoms with Crippen molar-refractivity contribution in [1.82, 2.24) is 4.90 Å². The number of amides is 2. The van der Waals surface area contributed by atoms with Gasteiger partial charge in [-0.3, -0.25) is 9.59 Å². The van der Waals surface area contributed by atoms with Crippen LogP contribution in [0.5, 0.6) is 17.2 Å². The van der Waals surface area contributed by atoms with Crippen LogP contribution >= 0.6 is 0 Å². The first-order valence-corrected chi connectivity index (χ1v) is 11.2. The van der Waals surface area contributed by atoms with Gasteiger partial charge < -0.3 is 24.4 Å². The highest BCUT2D eigenvalue weighted by atomic mass is 16.7. The van der Waals surface area contributed by atoms with Crippen molar-refractivity contribution in [3.8, 4) is 17.2 Å². The molecule has 0 aliphatic carbocycles. The van der Waals surface area contributed by atoms with Crippen molar-refractivity contribution >= 4 is 17.5 Å². The van der Waals surface area contributed by atoms with E-state index in [1.165, 1.54) is 0 Å². The van der Waals surface area contributed by atoms with E-state index in [-0.39, 0.29) is 31.1 Å². The molecule has 1 atom stereocenters. The first-order valence-electron chi connectivity index (χ1n) is 11.2. The number of hydrogen-bond acceptors (Lipinski definition) is 5. The number of carbonyl (C=O) groups is 2. The Morgan fingerprint density at radius 3 is 2.66 bits per heavy atom. The van der Waals surface area contributed by atoms with E-state index in [4.69, 9.17) is 14.2 Å². The second kappa shape index (κ2) is 9.94. The van der Waals surface area contributed by atoms with Crippen LogP contribution in [0.2, 0.25) is 0 Å². The van der Waals surface area contributed by atoms with E-state index in [9.17, 15) is 9.59 Å². The highest BCUT2D eigenvalue weighted by Crippen LogP contribution is 2.34. The van der Waals surface area contributed by atoms with Crippen molar-refractivity contribution in [2.75, 3.05) is 31.8 Å². The summed E-state index contributed by atoms with van der Waals surface area (Å²) >= 11 is 0. The van der Waals surface area contributed by atoms with Gasteiger partial charge in [-0.25, -0.2) is 0 Å². The molecule has 170 valence electrons. The molecule has 32 heavy (non-hydrogen) atoms. The van der Waals surface area contributed by atoms with Crippen molar-refractivity contribution in [2.45, 2.75) is 39.0 Å². The molecule has 4 rings (SSSR count). The molecule has 0 radical (unpaired) electrons. The number of nitrogens with one attached hydrogen (secondary N) is 1. The number of para-hydroxylation sites is 1. The number of benzene rings is 2. The van der Waals surface area contributed by atoms with Gasteiger partial charge in [0.1, 0.15) is 5.75 Å². The van der Waals surface area contributed by atoms with Gasteiger partial charge in [0.2, 0.25) is 12.7 Å². The maximum atomic E-state index is 12.7. The van der Waals surface area contributed by atoms with Gasteiger partial charge in [0, 0.05) is 30.8 Å². The molecule has 0 spiro atoms. The predicted molar refractivity (Wildman–Crippen MR) is 121 cm³/mol. The smallest absolute Gasteiger partial charge is 0.260 e. The van der Waals surface area contributed by atoms with Crippen LogP contribution in [0.4, 0.5) is 5.69 Å². The summed E-state index contributed by atoms with van der Waals surface area (Å²) in [7, 11) is 0. The highest BCUT2D eigenvalue weighted by Gasteiger charge is 2.28. The average Bonchev–Trinajstić information content (AvgIpc) is 3.30. The largest absolute Gasteiger partial charge is 0.483 e. The Balaban J connectivity index is 1.25. The molecular formula is C25H30N2O5. The maximum absolute atomic E-state index is 12.7. The van der Waals surface area contributed by atoms with Crippen LogP contribution in [0, 0.1) is 5.92 Å². The van der Waals surface area contributed by atoms with E-state index >= 15 is 0 Å². The molecule has 7 heteroatoms. The molecule has 0 saturated carbocycles. The predicted octanol–water partition coefficient (Wildman–Crippen LogP) is 4.18. The fourth-order valence-electron chi connectivity index (χ4n) is 4.08. The lowest BCUT2D eigenvalue weighted by atomic mass is 9.95. The summed E-state index contributed by atoms with van der Waals surface area (Å²) in [5.41, 5.74) is 1.81. The molecule has 1 saturated heterocycles. The average molecular weight is 439 g/mol. The van der Waals surface area contributed by atoms with Gasteiger partial charge in [0.15, 0.2) is 18.1 Å². The standard InChI is InChI=1S/C25H30N2O5/c1-3-17(2)20-6-4-5-7-21(20)30-15-24(28)27-12-10-18(11-13-27)25(29)26-19-8-9-22-23(14-19)32-16-31-22/h4-9,14,17-18H,3,10-13,15-16H2,1-2H3,(H,26,29)/t17-/m0/s1. The van der Waals surface area contributed by atoms with Gasteiger partial charge in [-0.15, -0.1) is 0 Å². The van der Waals surface area contributed by atoms with E-state index in [1.807, 2.05) is 18.2 Å². The SMILES string of the molecule is CC[C@H](C)c1ccccc1OCC(=O)N1CCC(C(=O)Nc2ccc3c(c2)OCO3)CC1. The molecule has 2 aromatic rings. The third-order valence-corrected chi connectivity index (χ3v) is 6.27. The molecule has 2 amide bonds. The summed E-state index contributed by atoms with van der Waals surface area (Å²) in [4.78, 5) is 27.1. The Bertz CT molecular complexity index is 969. The number of nitrogens with zero attached hydrogens (tertiary/aromatic N) is 1. The number of ether oxygens (including phenoxy) is 3. The van der Waals surface area contributed by atoms with Crippen molar-refractivity contribution < 1.29 is 23.8 Å². The molecule has 0 unspecified atom stereocenters. The number of likely N-dealkylation sites (tertiary alicyclic amines) is 1. The van der Waals surface area contributed by atoms with Crippen LogP contribution in [-0.2, 0) is 9.59 Å². The fourth-order valence-corrected chi connectivity index (χ4v) is 4.08. The Hall–Kier alpha value is -3.22. The molecule has 2 aliphatic rings. The normalized spacial score (nSPS) is 16.5. The first-order chi connectivity index (χ1) is 15.5. The lowest BCUT2D eigenvalue weighted by Gasteiger charge is -2.31. The van der Waals surface area contributed by atoms with Crippen LogP contribution in [0.1, 0.15) is 44.6 Å². The summed E-state index contributed by atoms with van der Waals surface area (Å²) in [6.45, 7) is 5.61. The summed E-state index contributed by atoms with van der Waals surface area (Å²) in [6.07, 6.45) is 2.27. The summed E-state index contributed by atoms with van der Waals surface area (Å²) < 4.78 is 16.5. The monoisotopic (exact) mass is 438 g/mol. The summed E-state index contributed by atoms with van der Waals surface area (Å²) in [6, 6.07) is 13.3. The molecule has 2 heterocycles. The van der Waals surface area contributed by atoms with E-state index in [1.54, 1.807) is 23.1 Å². The second-order valence-electron chi connectivity index (χ2n) is 8.35. The van der Waals surface area contributed by atoms with E-state index < -0.39 is 0 Å². The quantitative estimate of drug-likeness (QED) is 0.702. The minimum atomic E-state index is -0.128. The Morgan fingerprint density at radius 1 is 1.12 bits per heavy atom.